The summed E-state index contributed by atoms with van der Waals surface area (Å²) in [5, 5.41) is 9.15. The molecule has 0 aliphatic heterocycles. The highest BCUT2D eigenvalue weighted by Crippen LogP contribution is 2.23. The lowest BCUT2D eigenvalue weighted by Crippen LogP contribution is -1.96. The molecule has 3 rings (SSSR count). The lowest BCUT2D eigenvalue weighted by Gasteiger charge is -2.06. The minimum absolute atomic E-state index is 0.543. The number of nitriles is 1. The molecule has 1 aromatic carbocycles. The maximum atomic E-state index is 9.15. The van der Waals surface area contributed by atoms with Crippen LogP contribution < -0.4 is 0 Å². The number of hydrogen-bond donors (Lipinski definition) is 0. The molecule has 0 N–H and O–H groups in total. The number of rotatable bonds is 1. The lowest BCUT2D eigenvalue weighted by molar-refractivity contribution is 1.11. The number of fused-ring (bicyclic) bond motifs is 1. The third kappa shape index (κ3) is 1.45. The maximum Gasteiger partial charge on any atom is 0.156 e. The van der Waals surface area contributed by atoms with Crippen LogP contribution in [-0.4, -0.2) is 14.4 Å². The van der Waals surface area contributed by atoms with Gasteiger partial charge in [0.2, 0.25) is 0 Å². The van der Waals surface area contributed by atoms with E-state index >= 15 is 0 Å². The average molecular weight is 220 g/mol. The van der Waals surface area contributed by atoms with Crippen molar-refractivity contribution in [2.45, 2.75) is 0 Å². The summed E-state index contributed by atoms with van der Waals surface area (Å²) >= 11 is 0. The SMILES string of the molecule is N#Cc1cnc2cncn2c1-c1ccccc1. The second-order valence-corrected chi connectivity index (χ2v) is 3.62. The number of benzene rings is 1. The van der Waals surface area contributed by atoms with E-state index in [-0.39, 0.29) is 0 Å². The summed E-state index contributed by atoms with van der Waals surface area (Å²) in [5.74, 6) is 0. The molecule has 0 spiro atoms. The Morgan fingerprint density at radius 2 is 1.94 bits per heavy atom. The smallest absolute Gasteiger partial charge is 0.156 e. The van der Waals surface area contributed by atoms with Crippen LogP contribution in [0.25, 0.3) is 16.9 Å². The average Bonchev–Trinajstić information content (AvgIpc) is 2.86. The van der Waals surface area contributed by atoms with E-state index in [0.717, 1.165) is 16.9 Å². The van der Waals surface area contributed by atoms with Crippen molar-refractivity contribution in [1.29, 1.82) is 5.26 Å². The summed E-state index contributed by atoms with van der Waals surface area (Å²) in [4.78, 5) is 8.23. The van der Waals surface area contributed by atoms with Gasteiger partial charge in [-0.05, 0) is 0 Å². The van der Waals surface area contributed by atoms with E-state index in [9.17, 15) is 0 Å². The number of hydrogen-bond acceptors (Lipinski definition) is 3. The lowest BCUT2D eigenvalue weighted by atomic mass is 10.1. The summed E-state index contributed by atoms with van der Waals surface area (Å²) in [7, 11) is 0. The highest BCUT2D eigenvalue weighted by atomic mass is 15.0. The van der Waals surface area contributed by atoms with Crippen LogP contribution in [0.2, 0.25) is 0 Å². The summed E-state index contributed by atoms with van der Waals surface area (Å²) in [6.07, 6.45) is 4.93. The van der Waals surface area contributed by atoms with Crippen molar-refractivity contribution in [3.8, 4) is 17.3 Å². The van der Waals surface area contributed by atoms with Gasteiger partial charge in [0.15, 0.2) is 5.65 Å². The topological polar surface area (TPSA) is 54.0 Å². The van der Waals surface area contributed by atoms with Crippen LogP contribution in [0.1, 0.15) is 5.56 Å². The van der Waals surface area contributed by atoms with Crippen molar-refractivity contribution in [2.24, 2.45) is 0 Å². The van der Waals surface area contributed by atoms with Gasteiger partial charge in [-0.25, -0.2) is 9.97 Å². The predicted octanol–water partition coefficient (Wildman–Crippen LogP) is 2.27. The summed E-state index contributed by atoms with van der Waals surface area (Å²) in [5.41, 5.74) is 3.09. The molecule has 0 bridgehead atoms. The molecule has 0 atom stereocenters. The molecule has 2 aromatic heterocycles. The summed E-state index contributed by atoms with van der Waals surface area (Å²) < 4.78 is 1.83. The van der Waals surface area contributed by atoms with Gasteiger partial charge in [-0.2, -0.15) is 5.26 Å². The van der Waals surface area contributed by atoms with Gasteiger partial charge in [0.05, 0.1) is 17.5 Å². The van der Waals surface area contributed by atoms with E-state index in [0.29, 0.717) is 5.56 Å². The van der Waals surface area contributed by atoms with Crippen LogP contribution in [0.4, 0.5) is 0 Å². The molecule has 80 valence electrons. The Kier molecular flexibility index (Phi) is 2.09. The van der Waals surface area contributed by atoms with Crippen molar-refractivity contribution < 1.29 is 0 Å². The molecule has 0 aliphatic rings. The van der Waals surface area contributed by atoms with Gasteiger partial charge in [0.1, 0.15) is 12.4 Å². The molecule has 2 heterocycles. The van der Waals surface area contributed by atoms with E-state index in [1.165, 1.54) is 0 Å². The van der Waals surface area contributed by atoms with Crippen LogP contribution in [-0.2, 0) is 0 Å². The molecule has 4 heteroatoms. The van der Waals surface area contributed by atoms with Gasteiger partial charge in [-0.15, -0.1) is 0 Å². The normalized spacial score (nSPS) is 10.3. The Balaban J connectivity index is 2.41. The van der Waals surface area contributed by atoms with Gasteiger partial charge in [0.25, 0.3) is 0 Å². The highest BCUT2D eigenvalue weighted by Gasteiger charge is 2.10. The Labute approximate surface area is 97.8 Å². The number of nitrogens with zero attached hydrogens (tertiary/aromatic N) is 4. The zero-order chi connectivity index (χ0) is 11.7. The summed E-state index contributed by atoms with van der Waals surface area (Å²) in [6, 6.07) is 11.9. The molecule has 0 saturated carbocycles. The van der Waals surface area contributed by atoms with E-state index in [2.05, 4.69) is 16.0 Å². The van der Waals surface area contributed by atoms with Crippen LogP contribution in [0, 0.1) is 11.3 Å². The third-order valence-electron chi connectivity index (χ3n) is 2.61. The van der Waals surface area contributed by atoms with Crippen molar-refractivity contribution in [3.05, 3.63) is 54.6 Å². The van der Waals surface area contributed by atoms with Crippen molar-refractivity contribution in [2.75, 3.05) is 0 Å². The third-order valence-corrected chi connectivity index (χ3v) is 2.61. The fraction of sp³-hybridized carbons (Fsp3) is 0. The Morgan fingerprint density at radius 1 is 1.12 bits per heavy atom. The number of imidazole rings is 1. The van der Waals surface area contributed by atoms with Gasteiger partial charge >= 0.3 is 0 Å². The van der Waals surface area contributed by atoms with Gasteiger partial charge < -0.3 is 0 Å². The fourth-order valence-corrected chi connectivity index (χ4v) is 1.85. The first kappa shape index (κ1) is 9.55. The first-order valence-electron chi connectivity index (χ1n) is 5.17. The molecule has 0 aliphatic carbocycles. The summed E-state index contributed by atoms with van der Waals surface area (Å²) in [6.45, 7) is 0. The van der Waals surface area contributed by atoms with E-state index in [1.54, 1.807) is 18.7 Å². The van der Waals surface area contributed by atoms with Gasteiger partial charge in [0, 0.05) is 11.8 Å². The minimum atomic E-state index is 0.543. The van der Waals surface area contributed by atoms with Gasteiger partial charge in [-0.1, -0.05) is 30.3 Å². The molecular formula is C13H8N4. The molecule has 0 unspecified atom stereocenters. The first-order chi connectivity index (χ1) is 8.40. The molecule has 0 radical (unpaired) electrons. The molecule has 0 amide bonds. The Bertz CT molecular complexity index is 707. The molecule has 4 nitrogen and oxygen atoms in total. The quantitative estimate of drug-likeness (QED) is 0.632. The maximum absolute atomic E-state index is 9.15. The predicted molar refractivity (Wildman–Crippen MR) is 63.1 cm³/mol. The number of aromatic nitrogens is 3. The van der Waals surface area contributed by atoms with Crippen molar-refractivity contribution >= 4 is 5.65 Å². The molecule has 17 heavy (non-hydrogen) atoms. The van der Waals surface area contributed by atoms with E-state index < -0.39 is 0 Å². The van der Waals surface area contributed by atoms with Crippen LogP contribution in [0.15, 0.2) is 49.1 Å². The molecule has 3 aromatic rings. The van der Waals surface area contributed by atoms with Crippen molar-refractivity contribution in [1.82, 2.24) is 14.4 Å². The first-order valence-corrected chi connectivity index (χ1v) is 5.17. The molecule has 0 fully saturated rings. The standard InChI is InChI=1S/C13H8N4/c14-6-11-7-16-12-8-15-9-17(12)13(11)10-4-2-1-3-5-10/h1-5,7-9H. The zero-order valence-corrected chi connectivity index (χ0v) is 8.91. The van der Waals surface area contributed by atoms with E-state index in [4.69, 9.17) is 5.26 Å². The monoisotopic (exact) mass is 220 g/mol. The van der Waals surface area contributed by atoms with Gasteiger partial charge in [-0.3, -0.25) is 4.40 Å². The Hall–Kier alpha value is -2.67. The Morgan fingerprint density at radius 3 is 2.71 bits per heavy atom. The fourth-order valence-electron chi connectivity index (χ4n) is 1.85. The van der Waals surface area contributed by atoms with Crippen LogP contribution in [0.3, 0.4) is 0 Å². The van der Waals surface area contributed by atoms with Crippen molar-refractivity contribution in [3.63, 3.8) is 0 Å². The largest absolute Gasteiger partial charge is 0.282 e. The second-order valence-electron chi connectivity index (χ2n) is 3.62. The second kappa shape index (κ2) is 3.72. The van der Waals surface area contributed by atoms with E-state index in [1.807, 2.05) is 34.7 Å². The highest BCUT2D eigenvalue weighted by molar-refractivity contribution is 5.69. The molecule has 0 saturated heterocycles. The van der Waals surface area contributed by atoms with Crippen LogP contribution in [0.5, 0.6) is 0 Å². The minimum Gasteiger partial charge on any atom is -0.282 e. The van der Waals surface area contributed by atoms with Crippen LogP contribution >= 0.6 is 0 Å². The molecular weight excluding hydrogens is 212 g/mol. The zero-order valence-electron chi connectivity index (χ0n) is 8.91.